The van der Waals surface area contributed by atoms with Crippen molar-refractivity contribution >= 4 is 5.97 Å². The van der Waals surface area contributed by atoms with Crippen LogP contribution < -0.4 is 0 Å². The first kappa shape index (κ1) is 15.8. The molecule has 3 heteroatoms. The quantitative estimate of drug-likeness (QED) is 0.388. The van der Waals surface area contributed by atoms with Gasteiger partial charge in [-0.05, 0) is 26.2 Å². The van der Waals surface area contributed by atoms with Crippen molar-refractivity contribution in [2.75, 3.05) is 13.7 Å². The summed E-state index contributed by atoms with van der Waals surface area (Å²) >= 11 is 0. The molecule has 0 rings (SSSR count). The number of carbonyl (C=O) groups is 1. The predicted molar refractivity (Wildman–Crippen MR) is 71.6 cm³/mol. The van der Waals surface area contributed by atoms with Crippen molar-refractivity contribution in [2.24, 2.45) is 5.92 Å². The van der Waals surface area contributed by atoms with Gasteiger partial charge in [0.1, 0.15) is 0 Å². The molecule has 0 aromatic rings. The molecular weight excluding hydrogens is 214 g/mol. The molecule has 0 amide bonds. The minimum atomic E-state index is -0.294. The van der Waals surface area contributed by atoms with Crippen LogP contribution in [0.5, 0.6) is 0 Å². The van der Waals surface area contributed by atoms with E-state index in [1.54, 1.807) is 13.1 Å². The van der Waals surface area contributed by atoms with Crippen LogP contribution in [-0.2, 0) is 9.53 Å². The van der Waals surface area contributed by atoms with Gasteiger partial charge in [-0.1, -0.05) is 19.4 Å². The average Bonchev–Trinajstić information content (AvgIpc) is 2.22. The minimum absolute atomic E-state index is 0.294. The molecule has 0 heterocycles. The Bertz CT molecular complexity index is 282. The third-order valence-electron chi connectivity index (χ3n) is 2.58. The van der Waals surface area contributed by atoms with Gasteiger partial charge in [0.2, 0.25) is 0 Å². The van der Waals surface area contributed by atoms with Crippen LogP contribution in [0.25, 0.3) is 0 Å². The van der Waals surface area contributed by atoms with Gasteiger partial charge in [-0.2, -0.15) is 0 Å². The van der Waals surface area contributed by atoms with Crippen LogP contribution in [0, 0.1) is 5.92 Å². The average molecular weight is 239 g/mol. The molecule has 0 fully saturated rings. The Morgan fingerprint density at radius 1 is 1.47 bits per heavy atom. The second-order valence-electron chi connectivity index (χ2n) is 4.71. The molecule has 1 atom stereocenters. The topological polar surface area (TPSA) is 29.5 Å². The van der Waals surface area contributed by atoms with Gasteiger partial charge >= 0.3 is 5.97 Å². The van der Waals surface area contributed by atoms with Gasteiger partial charge in [-0.3, -0.25) is 0 Å². The highest BCUT2D eigenvalue weighted by atomic mass is 16.5. The molecule has 0 saturated carbocycles. The van der Waals surface area contributed by atoms with Crippen molar-refractivity contribution in [3.05, 3.63) is 24.4 Å². The van der Waals surface area contributed by atoms with E-state index in [-0.39, 0.29) is 5.97 Å². The second kappa shape index (κ2) is 7.93. The minimum Gasteiger partial charge on any atom is -0.463 e. The fourth-order valence-corrected chi connectivity index (χ4v) is 1.69. The smallest absolute Gasteiger partial charge is 0.332 e. The van der Waals surface area contributed by atoms with Crippen LogP contribution in [0.1, 0.15) is 34.1 Å². The van der Waals surface area contributed by atoms with Gasteiger partial charge in [-0.15, -0.1) is 6.58 Å². The standard InChI is InChI=1S/C14H25NO2/c1-7-17-14(16)8-9-15(6)13(12(4)5)10-11(2)3/h8-9,12-13H,2,7,10H2,1,3-6H3/b9-8+. The molecule has 0 aliphatic carbocycles. The highest BCUT2D eigenvalue weighted by molar-refractivity contribution is 5.81. The summed E-state index contributed by atoms with van der Waals surface area (Å²) in [6, 6.07) is 0.359. The van der Waals surface area contributed by atoms with E-state index in [0.717, 1.165) is 12.0 Å². The van der Waals surface area contributed by atoms with Crippen molar-refractivity contribution in [3.63, 3.8) is 0 Å². The van der Waals surface area contributed by atoms with E-state index < -0.39 is 0 Å². The summed E-state index contributed by atoms with van der Waals surface area (Å²) in [6.07, 6.45) is 4.18. The lowest BCUT2D eigenvalue weighted by Crippen LogP contribution is -2.32. The summed E-state index contributed by atoms with van der Waals surface area (Å²) < 4.78 is 4.84. The van der Waals surface area contributed by atoms with E-state index in [1.165, 1.54) is 6.08 Å². The number of nitrogens with zero attached hydrogens (tertiary/aromatic N) is 1. The van der Waals surface area contributed by atoms with Crippen LogP contribution >= 0.6 is 0 Å². The molecule has 98 valence electrons. The van der Waals surface area contributed by atoms with Gasteiger partial charge in [0.15, 0.2) is 0 Å². The number of carbonyl (C=O) groups excluding carboxylic acids is 1. The normalized spacial score (nSPS) is 12.8. The maximum atomic E-state index is 11.2. The van der Waals surface area contributed by atoms with Crippen molar-refractivity contribution < 1.29 is 9.53 Å². The lowest BCUT2D eigenvalue weighted by Gasteiger charge is -2.30. The molecule has 3 nitrogen and oxygen atoms in total. The van der Waals surface area contributed by atoms with Crippen LogP contribution in [-0.4, -0.2) is 30.6 Å². The first-order chi connectivity index (χ1) is 7.88. The summed E-state index contributed by atoms with van der Waals surface area (Å²) in [4.78, 5) is 13.3. The summed E-state index contributed by atoms with van der Waals surface area (Å²) in [5, 5.41) is 0. The molecule has 0 aliphatic rings. The summed E-state index contributed by atoms with van der Waals surface area (Å²) in [5.74, 6) is 0.209. The zero-order valence-corrected chi connectivity index (χ0v) is 11.7. The monoisotopic (exact) mass is 239 g/mol. The molecule has 1 unspecified atom stereocenters. The highest BCUT2D eigenvalue weighted by Crippen LogP contribution is 2.17. The first-order valence-electron chi connectivity index (χ1n) is 6.09. The van der Waals surface area contributed by atoms with Gasteiger partial charge in [0.25, 0.3) is 0 Å². The Balaban J connectivity index is 4.46. The van der Waals surface area contributed by atoms with Gasteiger partial charge in [-0.25, -0.2) is 4.79 Å². The van der Waals surface area contributed by atoms with E-state index in [0.29, 0.717) is 18.6 Å². The Labute approximate surface area is 105 Å². The lowest BCUT2D eigenvalue weighted by atomic mass is 9.96. The number of hydrogen-bond donors (Lipinski definition) is 0. The number of esters is 1. The number of rotatable bonds is 7. The fraction of sp³-hybridized carbons (Fsp3) is 0.643. The Hall–Kier alpha value is -1.25. The van der Waals surface area contributed by atoms with Crippen molar-refractivity contribution in [1.29, 1.82) is 0 Å². The molecule has 0 bridgehead atoms. The largest absolute Gasteiger partial charge is 0.463 e. The third-order valence-corrected chi connectivity index (χ3v) is 2.58. The Kier molecular flexibility index (Phi) is 7.35. The molecule has 0 spiro atoms. The molecule has 0 radical (unpaired) electrons. The zero-order valence-electron chi connectivity index (χ0n) is 11.7. The van der Waals surface area contributed by atoms with Crippen molar-refractivity contribution in [1.82, 2.24) is 4.90 Å². The molecule has 17 heavy (non-hydrogen) atoms. The Morgan fingerprint density at radius 3 is 2.47 bits per heavy atom. The lowest BCUT2D eigenvalue weighted by molar-refractivity contribution is -0.137. The maximum Gasteiger partial charge on any atom is 0.332 e. The molecule has 0 N–H and O–H groups in total. The van der Waals surface area contributed by atoms with Crippen molar-refractivity contribution in [2.45, 2.75) is 40.2 Å². The summed E-state index contributed by atoms with van der Waals surface area (Å²) in [7, 11) is 1.98. The summed E-state index contributed by atoms with van der Waals surface area (Å²) in [6.45, 7) is 12.5. The molecule has 0 aromatic heterocycles. The van der Waals surface area contributed by atoms with Crippen molar-refractivity contribution in [3.8, 4) is 0 Å². The fourth-order valence-electron chi connectivity index (χ4n) is 1.69. The van der Waals surface area contributed by atoms with Gasteiger partial charge in [0.05, 0.1) is 6.61 Å². The van der Waals surface area contributed by atoms with Gasteiger partial charge < -0.3 is 9.64 Å². The molecule has 0 aromatic carbocycles. The number of hydrogen-bond acceptors (Lipinski definition) is 3. The van der Waals surface area contributed by atoms with Crippen LogP contribution in [0.2, 0.25) is 0 Å². The van der Waals surface area contributed by atoms with E-state index in [1.807, 2.05) is 14.0 Å². The van der Waals surface area contributed by atoms with E-state index in [2.05, 4.69) is 25.3 Å². The number of ether oxygens (including phenoxy) is 1. The molecular formula is C14H25NO2. The SMILES string of the molecule is C=C(C)CC(C(C)C)N(C)/C=C/C(=O)OCC. The van der Waals surface area contributed by atoms with E-state index >= 15 is 0 Å². The predicted octanol–water partition coefficient (Wildman–Crippen LogP) is 2.99. The Morgan fingerprint density at radius 2 is 2.06 bits per heavy atom. The highest BCUT2D eigenvalue weighted by Gasteiger charge is 2.16. The summed E-state index contributed by atoms with van der Waals surface area (Å²) in [5.41, 5.74) is 1.15. The second-order valence-corrected chi connectivity index (χ2v) is 4.71. The van der Waals surface area contributed by atoms with E-state index in [9.17, 15) is 4.79 Å². The van der Waals surface area contributed by atoms with Crippen LogP contribution in [0.3, 0.4) is 0 Å². The zero-order chi connectivity index (χ0) is 13.4. The third kappa shape index (κ3) is 6.82. The van der Waals surface area contributed by atoms with Gasteiger partial charge in [0, 0.05) is 25.4 Å². The molecule has 0 aliphatic heterocycles. The molecule has 0 saturated heterocycles. The maximum absolute atomic E-state index is 11.2. The van der Waals surface area contributed by atoms with Crippen LogP contribution in [0.15, 0.2) is 24.4 Å². The first-order valence-corrected chi connectivity index (χ1v) is 6.09. The van der Waals surface area contributed by atoms with E-state index in [4.69, 9.17) is 4.74 Å². The van der Waals surface area contributed by atoms with Crippen LogP contribution in [0.4, 0.5) is 0 Å².